The number of aliphatic carboxylic acids is 1. The number of nitrogens with two attached hydrogens (primary N) is 1. The molecule has 0 saturated carbocycles. The molecule has 3 rings (SSSR count). The van der Waals surface area contributed by atoms with Crippen LogP contribution in [-0.2, 0) is 19.5 Å². The number of fused-ring (bicyclic) bond motifs is 4. The average Bonchev–Trinajstić information content (AvgIpc) is 2.94. The molecule has 0 aromatic carbocycles. The molecule has 3 heterocycles. The van der Waals surface area contributed by atoms with Crippen molar-refractivity contribution in [2.75, 3.05) is 6.54 Å². The molecule has 0 radical (unpaired) electrons. The molecule has 1 aromatic heterocycles. The van der Waals surface area contributed by atoms with Crippen LogP contribution in [0.4, 0.5) is 9.59 Å². The van der Waals surface area contributed by atoms with E-state index in [0.29, 0.717) is 9.75 Å². The van der Waals surface area contributed by atoms with Gasteiger partial charge in [0.05, 0.1) is 6.54 Å². The molecule has 1 aromatic rings. The summed E-state index contributed by atoms with van der Waals surface area (Å²) in [6.07, 6.45) is 1.08. The van der Waals surface area contributed by atoms with Crippen molar-refractivity contribution in [1.82, 2.24) is 19.7 Å². The smallest absolute Gasteiger partial charge is 0.418 e. The van der Waals surface area contributed by atoms with Crippen molar-refractivity contribution >= 4 is 28.4 Å². The van der Waals surface area contributed by atoms with Gasteiger partial charge in [-0.2, -0.15) is 23.3 Å². The fourth-order valence-electron chi connectivity index (χ4n) is 2.60. The molecule has 0 spiro atoms. The Bertz CT molecular complexity index is 831. The zero-order chi connectivity index (χ0) is 17.1. The van der Waals surface area contributed by atoms with Crippen LogP contribution in [-0.4, -0.2) is 62.4 Å². The number of hydrogen-bond acceptors (Lipinski definition) is 7. The van der Waals surface area contributed by atoms with Gasteiger partial charge in [0.25, 0.3) is 0 Å². The summed E-state index contributed by atoms with van der Waals surface area (Å²) in [5.41, 5.74) is 4.98. The van der Waals surface area contributed by atoms with E-state index in [4.69, 9.17) is 10.3 Å². The number of carbonyl (C=O) groups excluding carboxylic acids is 2. The highest BCUT2D eigenvalue weighted by molar-refractivity contribution is 7.80. The third-order valence-corrected chi connectivity index (χ3v) is 3.77. The van der Waals surface area contributed by atoms with Crippen molar-refractivity contribution in [2.45, 2.75) is 12.1 Å². The van der Waals surface area contributed by atoms with E-state index in [1.165, 1.54) is 0 Å². The van der Waals surface area contributed by atoms with Crippen LogP contribution in [0.2, 0.25) is 0 Å². The molecule has 1 fully saturated rings. The van der Waals surface area contributed by atoms with Crippen molar-refractivity contribution in [2.24, 2.45) is 5.73 Å². The van der Waals surface area contributed by atoms with Crippen LogP contribution in [0.15, 0.2) is 6.20 Å². The lowest BCUT2D eigenvalue weighted by Crippen LogP contribution is -2.39. The van der Waals surface area contributed by atoms with Gasteiger partial charge in [-0.15, -0.1) is 4.28 Å². The molecule has 2 aliphatic rings. The van der Waals surface area contributed by atoms with Crippen molar-refractivity contribution in [3.63, 3.8) is 0 Å². The number of hydroxylamine groups is 2. The van der Waals surface area contributed by atoms with Crippen LogP contribution >= 0.6 is 0 Å². The number of carbonyl (C=O) groups is 3. The second-order valence-corrected chi connectivity index (χ2v) is 5.78. The predicted molar refractivity (Wildman–Crippen MR) is 66.9 cm³/mol. The lowest BCUT2D eigenvalue weighted by molar-refractivity contribution is -0.142. The number of carboxylic acids is 1. The highest BCUT2D eigenvalue weighted by Crippen LogP contribution is 2.43. The maximum atomic E-state index is 12.1. The van der Waals surface area contributed by atoms with E-state index >= 15 is 0 Å². The number of aromatic nitrogens is 2. The Kier molecular flexibility index (Phi) is 3.07. The van der Waals surface area contributed by atoms with Crippen LogP contribution in [0.1, 0.15) is 23.3 Å². The number of rotatable bonds is 3. The van der Waals surface area contributed by atoms with Crippen LogP contribution in [0.3, 0.4) is 0 Å². The van der Waals surface area contributed by atoms with Crippen LogP contribution in [0.25, 0.3) is 0 Å². The van der Waals surface area contributed by atoms with Crippen LogP contribution in [0.5, 0.6) is 0 Å². The van der Waals surface area contributed by atoms with Gasteiger partial charge in [0.2, 0.25) is 0 Å². The molecule has 124 valence electrons. The lowest BCUT2D eigenvalue weighted by Gasteiger charge is -2.25. The first-order chi connectivity index (χ1) is 10.6. The summed E-state index contributed by atoms with van der Waals surface area (Å²) in [6.45, 7) is -0.233. The highest BCUT2D eigenvalue weighted by Gasteiger charge is 2.54. The minimum atomic E-state index is -5.02. The number of amides is 3. The predicted octanol–water partition coefficient (Wildman–Crippen LogP) is -1.54. The van der Waals surface area contributed by atoms with Gasteiger partial charge in [0.15, 0.2) is 6.04 Å². The lowest BCUT2D eigenvalue weighted by atomic mass is 9.98. The van der Waals surface area contributed by atoms with E-state index in [-0.39, 0.29) is 17.8 Å². The summed E-state index contributed by atoms with van der Waals surface area (Å²) in [4.78, 5) is 35.5. The highest BCUT2D eigenvalue weighted by atomic mass is 32.3. The van der Waals surface area contributed by atoms with E-state index in [1.807, 2.05) is 0 Å². The number of urea groups is 1. The first-order valence-corrected chi connectivity index (χ1v) is 7.35. The van der Waals surface area contributed by atoms with E-state index < -0.39 is 40.5 Å². The summed E-state index contributed by atoms with van der Waals surface area (Å²) in [7, 11) is -5.02. The monoisotopic (exact) mass is 347 g/mol. The van der Waals surface area contributed by atoms with Crippen molar-refractivity contribution < 1.29 is 36.7 Å². The molecule has 0 unspecified atom stereocenters. The molecule has 13 nitrogen and oxygen atoms in total. The summed E-state index contributed by atoms with van der Waals surface area (Å²) in [6, 6.07) is -4.71. The van der Waals surface area contributed by atoms with E-state index in [1.54, 1.807) is 0 Å². The standard InChI is InChI=1S/C9H9N5O8S/c10-8(17)13-1-3-4-2-12(6(7(15)16)5(3)11-13)9(18)14(4)22-23(19,20)21/h1,4,6H,2H2,(H2,10,17)(H,15,16)(H,19,20,21)/t4-,6+/m1/s1. The van der Waals surface area contributed by atoms with Gasteiger partial charge < -0.3 is 15.7 Å². The summed E-state index contributed by atoms with van der Waals surface area (Å²) < 4.78 is 35.4. The van der Waals surface area contributed by atoms with Gasteiger partial charge in [-0.1, -0.05) is 0 Å². The Hall–Kier alpha value is -2.71. The maximum Gasteiger partial charge on any atom is 0.418 e. The molecular weight excluding hydrogens is 338 g/mol. The Morgan fingerprint density at radius 1 is 1.43 bits per heavy atom. The van der Waals surface area contributed by atoms with Crippen LogP contribution in [0, 0.1) is 0 Å². The third-order valence-electron chi connectivity index (χ3n) is 3.42. The van der Waals surface area contributed by atoms with E-state index in [0.717, 1.165) is 11.1 Å². The number of nitrogens with zero attached hydrogens (tertiary/aromatic N) is 4. The SMILES string of the molecule is NC(=O)n1cc2c(n1)[C@@H](C(=O)O)N1C[C@H]2N(OS(=O)(=O)O)C1=O. The zero-order valence-electron chi connectivity index (χ0n) is 11.1. The Labute approximate surface area is 127 Å². The maximum absolute atomic E-state index is 12.1. The molecule has 3 amide bonds. The van der Waals surface area contributed by atoms with Gasteiger partial charge in [-0.05, 0) is 0 Å². The van der Waals surface area contributed by atoms with Crippen molar-refractivity contribution in [3.8, 4) is 0 Å². The first-order valence-electron chi connectivity index (χ1n) is 5.99. The Morgan fingerprint density at radius 3 is 2.61 bits per heavy atom. The molecule has 1 saturated heterocycles. The number of primary amides is 1. The minimum absolute atomic E-state index is 0.0713. The van der Waals surface area contributed by atoms with Crippen molar-refractivity contribution in [1.29, 1.82) is 0 Å². The topological polar surface area (TPSA) is 185 Å². The third kappa shape index (κ3) is 2.28. The summed E-state index contributed by atoms with van der Waals surface area (Å²) in [5.74, 6) is -1.44. The molecule has 2 aliphatic heterocycles. The molecular formula is C9H9N5O8S. The molecule has 0 aliphatic carbocycles. The second kappa shape index (κ2) is 4.64. The summed E-state index contributed by atoms with van der Waals surface area (Å²) in [5, 5.41) is 13.3. The Balaban J connectivity index is 2.13. The number of carboxylic acid groups (broad SMARTS) is 1. The Morgan fingerprint density at radius 2 is 2.09 bits per heavy atom. The van der Waals surface area contributed by atoms with Gasteiger partial charge in [0, 0.05) is 11.8 Å². The molecule has 2 atom stereocenters. The number of hydrogen-bond donors (Lipinski definition) is 3. The first kappa shape index (κ1) is 15.2. The van der Waals surface area contributed by atoms with Gasteiger partial charge >= 0.3 is 28.4 Å². The van der Waals surface area contributed by atoms with Gasteiger partial charge in [-0.25, -0.2) is 14.4 Å². The normalized spacial score (nSPS) is 23.1. The molecule has 23 heavy (non-hydrogen) atoms. The quantitative estimate of drug-likeness (QED) is 0.545. The summed E-state index contributed by atoms with van der Waals surface area (Å²) >= 11 is 0. The zero-order valence-corrected chi connectivity index (χ0v) is 11.9. The molecule has 4 N–H and O–H groups in total. The van der Waals surface area contributed by atoms with Gasteiger partial charge in [0.1, 0.15) is 11.7 Å². The largest absolute Gasteiger partial charge is 0.479 e. The molecule has 2 bridgehead atoms. The van der Waals surface area contributed by atoms with E-state index in [9.17, 15) is 27.9 Å². The average molecular weight is 347 g/mol. The fourth-order valence-corrected chi connectivity index (χ4v) is 2.98. The van der Waals surface area contributed by atoms with E-state index in [2.05, 4.69) is 9.38 Å². The van der Waals surface area contributed by atoms with Crippen molar-refractivity contribution in [3.05, 3.63) is 17.5 Å². The minimum Gasteiger partial charge on any atom is -0.479 e. The second-order valence-electron chi connectivity index (χ2n) is 4.77. The molecule has 14 heteroatoms. The van der Waals surface area contributed by atoms with Crippen LogP contribution < -0.4 is 5.73 Å². The fraction of sp³-hybridized carbons (Fsp3) is 0.333. The van der Waals surface area contributed by atoms with Gasteiger partial charge in [-0.3, -0.25) is 4.55 Å².